The van der Waals surface area contributed by atoms with Crippen LogP contribution in [0.25, 0.3) is 0 Å². The Morgan fingerprint density at radius 2 is 0.500 bits per heavy atom. The Morgan fingerprint density at radius 1 is 0.500 bits per heavy atom. The van der Waals surface area contributed by atoms with E-state index in [0.717, 1.165) is 0 Å². The predicted octanol–water partition coefficient (Wildman–Crippen LogP) is -3.65. The van der Waals surface area contributed by atoms with E-state index in [1.807, 2.05) is 0 Å². The molecular weight excluding hydrogens is 241 g/mol. The molecule has 0 aliphatic carbocycles. The summed E-state index contributed by atoms with van der Waals surface area (Å²) >= 11 is 0. The van der Waals surface area contributed by atoms with Gasteiger partial charge in [0.2, 0.25) is 0 Å². The van der Waals surface area contributed by atoms with Crippen LogP contribution in [0.2, 0.25) is 0 Å². The van der Waals surface area contributed by atoms with Crippen molar-refractivity contribution in [3.05, 3.63) is 0 Å². The molecule has 12 heteroatoms. The number of halogens is 4. The number of hydrogen-bond donors (Lipinski definition) is 0. The maximum Gasteiger partial charge on any atom is 2.00 e. The van der Waals surface area contributed by atoms with Gasteiger partial charge in [0.05, 0.1) is 0 Å². The van der Waals surface area contributed by atoms with Crippen LogP contribution >= 0.6 is 0 Å². The van der Waals surface area contributed by atoms with Gasteiger partial charge >= 0.3 is 23.7 Å². The molecule has 0 aromatic heterocycles. The molecule has 0 radical (unpaired) electrons. The van der Waals surface area contributed by atoms with E-state index < -0.39 is 7.25 Å². The quantitative estimate of drug-likeness (QED) is 0.304. The summed E-state index contributed by atoms with van der Waals surface area (Å²) in [5.41, 5.74) is 0. The molecule has 0 aromatic carbocycles. The minimum Gasteiger partial charge on any atom is -0.418 e. The first-order chi connectivity index (χ1) is 2.00. The molecule has 0 fully saturated rings. The Hall–Kier alpha value is 0.0384. The molecule has 0 amide bonds. The van der Waals surface area contributed by atoms with E-state index in [2.05, 4.69) is 0 Å². The van der Waals surface area contributed by atoms with Gasteiger partial charge in [-0.2, -0.15) is 0 Å². The van der Waals surface area contributed by atoms with Crippen LogP contribution in [0.3, 0.4) is 0 Å². The second-order valence-corrected chi connectivity index (χ2v) is 0.495. The molecule has 0 rings (SSSR count). The van der Waals surface area contributed by atoms with E-state index in [1.165, 1.54) is 0 Å². The van der Waals surface area contributed by atoms with Gasteiger partial charge in [0, 0.05) is 0 Å². The summed E-state index contributed by atoms with van der Waals surface area (Å²) in [7, 11) is -6.00. The Morgan fingerprint density at radius 3 is 0.500 bits per heavy atom. The van der Waals surface area contributed by atoms with Crippen LogP contribution in [0.1, 0.15) is 0 Å². The van der Waals surface area contributed by atoms with Crippen LogP contribution in [-0.4, -0.2) is 40.1 Å². The minimum atomic E-state index is -6.00. The first kappa shape index (κ1) is 89.9. The van der Waals surface area contributed by atoms with Crippen molar-refractivity contribution < 1.29 is 66.6 Å². The molecule has 0 saturated heterocycles. The summed E-state index contributed by atoms with van der Waals surface area (Å²) < 4.78 is 39.0. The van der Waals surface area contributed by atoms with E-state index >= 15 is 0 Å². The molecule has 0 aliphatic heterocycles. The van der Waals surface area contributed by atoms with E-state index in [1.54, 1.807) is 0 Å². The van der Waals surface area contributed by atoms with Crippen molar-refractivity contribution >= 4 is 7.25 Å². The summed E-state index contributed by atoms with van der Waals surface area (Å²) in [6, 6.07) is 0. The van der Waals surface area contributed by atoms with Gasteiger partial charge < -0.3 is 50.1 Å². The molecule has 0 bridgehead atoms. The molecule has 0 atom stereocenters. The molecule has 0 heterocycles. The largest absolute Gasteiger partial charge is 2.00 e. The van der Waals surface area contributed by atoms with Crippen LogP contribution in [0.15, 0.2) is 0 Å². The smallest absolute Gasteiger partial charge is 0.418 e. The van der Waals surface area contributed by atoms with Crippen LogP contribution in [-0.2, 0) is 16.5 Å². The summed E-state index contributed by atoms with van der Waals surface area (Å²) in [4.78, 5) is 0. The van der Waals surface area contributed by atoms with Gasteiger partial charge in [-0.05, 0) is 0 Å². The summed E-state index contributed by atoms with van der Waals surface area (Å²) in [6.45, 7) is 0. The van der Waals surface area contributed by atoms with Gasteiger partial charge in [0.15, 0.2) is 0 Å². The Balaban J connectivity index is -0.00000000381. The van der Waals surface area contributed by atoms with E-state index in [4.69, 9.17) is 0 Å². The normalized spacial score (nSPS) is 5.00. The molecule has 6 nitrogen and oxygen atoms in total. The van der Waals surface area contributed by atoms with Crippen LogP contribution < -0.4 is 0 Å². The zero-order valence-corrected chi connectivity index (χ0v) is 6.39. The zero-order valence-electron chi connectivity index (χ0n) is 5.41. The SMILES string of the molecule is F[B-](F)(F)F.O.O.O.O.O.O.[Ni+2]. The van der Waals surface area contributed by atoms with Crippen molar-refractivity contribution in [2.24, 2.45) is 0 Å². The summed E-state index contributed by atoms with van der Waals surface area (Å²) in [6.07, 6.45) is 0. The van der Waals surface area contributed by atoms with Gasteiger partial charge in [-0.25, -0.2) is 0 Å². The summed E-state index contributed by atoms with van der Waals surface area (Å²) in [5.74, 6) is 0. The van der Waals surface area contributed by atoms with Crippen molar-refractivity contribution in [2.75, 3.05) is 0 Å². The molecule has 0 aliphatic rings. The third-order valence-corrected chi connectivity index (χ3v) is 0. The molecule has 0 unspecified atom stereocenters. The molecule has 88 valence electrons. The van der Waals surface area contributed by atoms with Gasteiger partial charge in [0.1, 0.15) is 0 Å². The molecule has 12 N–H and O–H groups in total. The molecule has 0 saturated carbocycles. The Kier molecular flexibility index (Phi) is 229. The number of hydrogen-bond acceptors (Lipinski definition) is 0. The second-order valence-electron chi connectivity index (χ2n) is 0.495. The van der Waals surface area contributed by atoms with Gasteiger partial charge in [-0.3, -0.25) is 0 Å². The van der Waals surface area contributed by atoms with Crippen LogP contribution in [0.4, 0.5) is 17.3 Å². The van der Waals surface area contributed by atoms with E-state index in [9.17, 15) is 17.3 Å². The predicted molar refractivity (Wildman–Crippen MR) is 31.9 cm³/mol. The second kappa shape index (κ2) is 30.5. The van der Waals surface area contributed by atoms with Crippen molar-refractivity contribution in [1.82, 2.24) is 0 Å². The maximum atomic E-state index is 9.75. The van der Waals surface area contributed by atoms with Crippen molar-refractivity contribution in [2.45, 2.75) is 0 Å². The van der Waals surface area contributed by atoms with Crippen molar-refractivity contribution in [3.8, 4) is 0 Å². The Labute approximate surface area is 74.8 Å². The monoisotopic (exact) mass is 253 g/mol. The topological polar surface area (TPSA) is 189 Å². The molecule has 12 heavy (non-hydrogen) atoms. The summed E-state index contributed by atoms with van der Waals surface area (Å²) in [5, 5.41) is 0. The number of rotatable bonds is 0. The first-order valence-electron chi connectivity index (χ1n) is 0.873. The van der Waals surface area contributed by atoms with Gasteiger partial charge in [-0.15, -0.1) is 0 Å². The zero-order chi connectivity index (χ0) is 4.50. The van der Waals surface area contributed by atoms with Crippen LogP contribution in [0, 0.1) is 0 Å². The third kappa shape index (κ3) is 555000. The first-order valence-corrected chi connectivity index (χ1v) is 0.873. The van der Waals surface area contributed by atoms with E-state index in [0.29, 0.717) is 0 Å². The Bertz CT molecular complexity index is 35.0. The average Bonchev–Trinajstić information content (AvgIpc) is 0.722. The molecule has 0 aromatic rings. The van der Waals surface area contributed by atoms with Crippen LogP contribution in [0.5, 0.6) is 0 Å². The molecule has 0 spiro atoms. The minimum absolute atomic E-state index is 0. The third-order valence-electron chi connectivity index (χ3n) is 0. The molecular formula is H12BF4NiO6+. The fraction of sp³-hybridized carbons (Fsp3) is 0. The standard InChI is InChI=1S/BF4.Ni.6H2O/c2-1(3,4)5;;;;;;;/h;;6*1H2/q-1;+2;;;;;;. The van der Waals surface area contributed by atoms with Gasteiger partial charge in [0.25, 0.3) is 0 Å². The van der Waals surface area contributed by atoms with Crippen molar-refractivity contribution in [1.29, 1.82) is 0 Å². The van der Waals surface area contributed by atoms with Gasteiger partial charge in [-0.1, -0.05) is 0 Å². The fourth-order valence-corrected chi connectivity index (χ4v) is 0. The fourth-order valence-electron chi connectivity index (χ4n) is 0. The maximum absolute atomic E-state index is 9.75. The van der Waals surface area contributed by atoms with Crippen molar-refractivity contribution in [3.63, 3.8) is 0 Å². The van der Waals surface area contributed by atoms with E-state index in [-0.39, 0.29) is 49.3 Å². The average molecular weight is 254 g/mol.